The van der Waals surface area contributed by atoms with Crippen molar-refractivity contribution in [2.45, 2.75) is 0 Å². The van der Waals surface area contributed by atoms with Crippen LogP contribution in [0.2, 0.25) is 0 Å². The maximum atomic E-state index is 12.3. The van der Waals surface area contributed by atoms with Gasteiger partial charge in [-0.2, -0.15) is 10.1 Å². The van der Waals surface area contributed by atoms with E-state index in [-0.39, 0.29) is 17.1 Å². The molecule has 0 spiro atoms. The molecule has 3 aromatic rings. The molecule has 7 nitrogen and oxygen atoms in total. The van der Waals surface area contributed by atoms with Gasteiger partial charge in [0.25, 0.3) is 5.91 Å². The number of hydrogen-bond acceptors (Lipinski definition) is 4. The van der Waals surface area contributed by atoms with Gasteiger partial charge in [0, 0.05) is 10.9 Å². The van der Waals surface area contributed by atoms with Crippen molar-refractivity contribution in [1.82, 2.24) is 15.2 Å². The molecule has 7 heteroatoms. The maximum Gasteiger partial charge on any atom is 0.336 e. The van der Waals surface area contributed by atoms with Crippen LogP contribution in [0.4, 0.5) is 5.95 Å². The Labute approximate surface area is 118 Å². The van der Waals surface area contributed by atoms with Crippen LogP contribution in [-0.4, -0.2) is 32.2 Å². The highest BCUT2D eigenvalue weighted by molar-refractivity contribution is 6.17. The molecule has 0 radical (unpaired) electrons. The number of anilines is 1. The minimum Gasteiger partial charge on any atom is -0.478 e. The van der Waals surface area contributed by atoms with Crippen molar-refractivity contribution in [2.24, 2.45) is 0 Å². The smallest absolute Gasteiger partial charge is 0.336 e. The van der Waals surface area contributed by atoms with Gasteiger partial charge in [0.1, 0.15) is 6.33 Å². The number of carboxylic acids is 1. The Hall–Kier alpha value is -3.22. The average molecular weight is 282 g/mol. The number of nitrogens with zero attached hydrogens (tertiary/aromatic N) is 2. The summed E-state index contributed by atoms with van der Waals surface area (Å²) in [5, 5.41) is 19.0. The molecule has 0 bridgehead atoms. The molecule has 3 rings (SSSR count). The minimum absolute atomic E-state index is 0.0795. The fraction of sp³-hybridized carbons (Fsp3) is 0. The van der Waals surface area contributed by atoms with E-state index < -0.39 is 11.9 Å². The molecule has 2 aromatic carbocycles. The van der Waals surface area contributed by atoms with Gasteiger partial charge in [0.05, 0.1) is 5.56 Å². The second kappa shape index (κ2) is 5.04. The largest absolute Gasteiger partial charge is 0.478 e. The van der Waals surface area contributed by atoms with E-state index in [0.717, 1.165) is 0 Å². The molecule has 104 valence electrons. The standard InChI is InChI=1S/C14H10N4O3/c19-12(17-14-15-7-16-18-14)9-5-1-3-8-4-2-6-10(11(8)9)13(20)21/h1-7H,(H,20,21)(H2,15,16,17,18,19). The van der Waals surface area contributed by atoms with E-state index in [2.05, 4.69) is 20.5 Å². The van der Waals surface area contributed by atoms with Crippen LogP contribution in [0.15, 0.2) is 42.7 Å². The number of nitrogens with one attached hydrogen (secondary N) is 2. The van der Waals surface area contributed by atoms with Crippen LogP contribution in [0.25, 0.3) is 10.8 Å². The Morgan fingerprint density at radius 2 is 1.81 bits per heavy atom. The lowest BCUT2D eigenvalue weighted by Gasteiger charge is -2.08. The van der Waals surface area contributed by atoms with Crippen LogP contribution >= 0.6 is 0 Å². The molecule has 0 aliphatic rings. The Bertz CT molecular complexity index is 822. The number of H-pyrrole nitrogens is 1. The Balaban J connectivity index is 2.13. The summed E-state index contributed by atoms with van der Waals surface area (Å²) in [7, 11) is 0. The summed E-state index contributed by atoms with van der Waals surface area (Å²) in [6.07, 6.45) is 1.27. The van der Waals surface area contributed by atoms with Crippen molar-refractivity contribution in [2.75, 3.05) is 5.32 Å². The number of aromatic carboxylic acids is 1. The van der Waals surface area contributed by atoms with E-state index in [1.807, 2.05) is 0 Å². The second-order valence-electron chi connectivity index (χ2n) is 4.30. The van der Waals surface area contributed by atoms with Gasteiger partial charge in [0.15, 0.2) is 0 Å². The molecule has 0 unspecified atom stereocenters. The van der Waals surface area contributed by atoms with Crippen LogP contribution < -0.4 is 5.32 Å². The summed E-state index contributed by atoms with van der Waals surface area (Å²) in [5.41, 5.74) is 0.345. The Morgan fingerprint density at radius 3 is 2.43 bits per heavy atom. The number of carbonyl (C=O) groups excluding carboxylic acids is 1. The third-order valence-electron chi connectivity index (χ3n) is 3.03. The number of fused-ring (bicyclic) bond motifs is 1. The maximum absolute atomic E-state index is 12.3. The minimum atomic E-state index is -1.08. The van der Waals surface area contributed by atoms with Gasteiger partial charge in [-0.3, -0.25) is 10.1 Å². The van der Waals surface area contributed by atoms with Gasteiger partial charge < -0.3 is 5.11 Å². The first-order chi connectivity index (χ1) is 10.2. The van der Waals surface area contributed by atoms with Gasteiger partial charge in [0.2, 0.25) is 5.95 Å². The zero-order valence-electron chi connectivity index (χ0n) is 10.7. The third kappa shape index (κ3) is 2.32. The van der Waals surface area contributed by atoms with Crippen molar-refractivity contribution in [3.63, 3.8) is 0 Å². The van der Waals surface area contributed by atoms with Crippen molar-refractivity contribution >= 4 is 28.6 Å². The molecule has 0 saturated heterocycles. The van der Waals surface area contributed by atoms with Crippen LogP contribution in [0, 0.1) is 0 Å². The van der Waals surface area contributed by atoms with E-state index >= 15 is 0 Å². The highest BCUT2D eigenvalue weighted by Gasteiger charge is 2.17. The zero-order chi connectivity index (χ0) is 14.8. The summed E-state index contributed by atoms with van der Waals surface area (Å²) in [4.78, 5) is 27.5. The first-order valence-electron chi connectivity index (χ1n) is 6.08. The van der Waals surface area contributed by atoms with Crippen molar-refractivity contribution in [1.29, 1.82) is 0 Å². The molecule has 0 aliphatic heterocycles. The molecule has 0 atom stereocenters. The molecule has 0 saturated carbocycles. The molecular formula is C14H10N4O3. The van der Waals surface area contributed by atoms with Crippen LogP contribution in [0.3, 0.4) is 0 Å². The van der Waals surface area contributed by atoms with Gasteiger partial charge in [-0.1, -0.05) is 24.3 Å². The van der Waals surface area contributed by atoms with Crippen molar-refractivity contribution in [3.05, 3.63) is 53.9 Å². The third-order valence-corrected chi connectivity index (χ3v) is 3.03. The molecular weight excluding hydrogens is 272 g/mol. The zero-order valence-corrected chi connectivity index (χ0v) is 10.7. The van der Waals surface area contributed by atoms with Crippen LogP contribution in [0.5, 0.6) is 0 Å². The summed E-state index contributed by atoms with van der Waals surface area (Å²) in [6, 6.07) is 9.89. The topological polar surface area (TPSA) is 108 Å². The summed E-state index contributed by atoms with van der Waals surface area (Å²) < 4.78 is 0. The number of hydrogen-bond donors (Lipinski definition) is 3. The van der Waals surface area contributed by atoms with Gasteiger partial charge in [-0.05, 0) is 17.5 Å². The van der Waals surface area contributed by atoms with Gasteiger partial charge in [-0.15, -0.1) is 0 Å². The molecule has 1 aromatic heterocycles. The van der Waals surface area contributed by atoms with Crippen molar-refractivity contribution in [3.8, 4) is 0 Å². The molecule has 1 heterocycles. The number of aromatic nitrogens is 3. The predicted molar refractivity (Wildman–Crippen MR) is 75.2 cm³/mol. The van der Waals surface area contributed by atoms with E-state index in [0.29, 0.717) is 10.8 Å². The number of aromatic amines is 1. The fourth-order valence-corrected chi connectivity index (χ4v) is 2.15. The summed E-state index contributed by atoms with van der Waals surface area (Å²) >= 11 is 0. The number of benzene rings is 2. The number of rotatable bonds is 3. The van der Waals surface area contributed by atoms with Gasteiger partial charge >= 0.3 is 5.97 Å². The highest BCUT2D eigenvalue weighted by Crippen LogP contribution is 2.23. The van der Waals surface area contributed by atoms with E-state index in [1.54, 1.807) is 30.3 Å². The second-order valence-corrected chi connectivity index (χ2v) is 4.30. The fourth-order valence-electron chi connectivity index (χ4n) is 2.15. The Kier molecular flexibility index (Phi) is 3.07. The summed E-state index contributed by atoms with van der Waals surface area (Å²) in [5.74, 6) is -1.34. The van der Waals surface area contributed by atoms with Crippen LogP contribution in [0.1, 0.15) is 20.7 Å². The van der Waals surface area contributed by atoms with E-state index in [9.17, 15) is 14.7 Å². The first-order valence-corrected chi connectivity index (χ1v) is 6.08. The molecule has 1 amide bonds. The molecule has 0 aliphatic carbocycles. The van der Waals surface area contributed by atoms with Crippen molar-refractivity contribution < 1.29 is 14.7 Å². The lowest BCUT2D eigenvalue weighted by atomic mass is 9.99. The lowest BCUT2D eigenvalue weighted by Crippen LogP contribution is -2.14. The molecule has 21 heavy (non-hydrogen) atoms. The SMILES string of the molecule is O=C(O)c1cccc2cccc(C(=O)Nc3ncn[nH]3)c12. The summed E-state index contributed by atoms with van der Waals surface area (Å²) in [6.45, 7) is 0. The van der Waals surface area contributed by atoms with E-state index in [4.69, 9.17) is 0 Å². The normalized spacial score (nSPS) is 10.5. The van der Waals surface area contributed by atoms with Crippen LogP contribution in [-0.2, 0) is 0 Å². The number of carbonyl (C=O) groups is 2. The monoisotopic (exact) mass is 282 g/mol. The number of carboxylic acid groups (broad SMARTS) is 1. The highest BCUT2D eigenvalue weighted by atomic mass is 16.4. The molecule has 3 N–H and O–H groups in total. The van der Waals surface area contributed by atoms with Gasteiger partial charge in [-0.25, -0.2) is 9.89 Å². The molecule has 0 fully saturated rings. The Morgan fingerprint density at radius 1 is 1.10 bits per heavy atom. The van der Waals surface area contributed by atoms with E-state index in [1.165, 1.54) is 12.4 Å². The number of amides is 1. The predicted octanol–water partition coefficient (Wildman–Crippen LogP) is 1.91. The lowest BCUT2D eigenvalue weighted by molar-refractivity contribution is 0.0699. The average Bonchev–Trinajstić information content (AvgIpc) is 2.98. The quantitative estimate of drug-likeness (QED) is 0.680. The first kappa shape index (κ1) is 12.8.